The number of aromatic amines is 1. The summed E-state index contributed by atoms with van der Waals surface area (Å²) in [5, 5.41) is 14.7. The first-order valence-electron chi connectivity index (χ1n) is 9.89. The second-order valence-electron chi connectivity index (χ2n) is 6.88. The minimum absolute atomic E-state index is 0.250. The molecule has 1 aromatic carbocycles. The fourth-order valence-corrected chi connectivity index (χ4v) is 4.46. The number of nitrogens with one attached hydrogen (secondary N) is 3. The summed E-state index contributed by atoms with van der Waals surface area (Å²) in [6.07, 6.45) is 0. The number of rotatable bonds is 7. The molecule has 31 heavy (non-hydrogen) atoms. The predicted molar refractivity (Wildman–Crippen MR) is 120 cm³/mol. The number of ether oxygens (including phenoxy) is 1. The Kier molecular flexibility index (Phi) is 5.81. The Morgan fingerprint density at radius 3 is 2.77 bits per heavy atom. The van der Waals surface area contributed by atoms with E-state index >= 15 is 0 Å². The number of carbonyl (C=O) groups is 2. The molecule has 0 unspecified atom stereocenters. The number of hydrogen-bond donors (Lipinski definition) is 3. The van der Waals surface area contributed by atoms with Crippen LogP contribution in [0.15, 0.2) is 24.3 Å². The van der Waals surface area contributed by atoms with E-state index in [4.69, 9.17) is 4.74 Å². The summed E-state index contributed by atoms with van der Waals surface area (Å²) in [6.45, 7) is 6.57. The van der Waals surface area contributed by atoms with Gasteiger partial charge in [-0.15, -0.1) is 11.3 Å². The Morgan fingerprint density at radius 1 is 1.16 bits per heavy atom. The lowest BCUT2D eigenvalue weighted by molar-refractivity contribution is 0.0531. The number of amides is 1. The third-order valence-electron chi connectivity index (χ3n) is 4.75. The Balaban J connectivity index is 1.46. The monoisotopic (exact) mass is 438 g/mol. The summed E-state index contributed by atoms with van der Waals surface area (Å²) in [5.41, 5.74) is 1.96. The van der Waals surface area contributed by atoms with Gasteiger partial charge < -0.3 is 15.4 Å². The molecule has 9 nitrogen and oxygen atoms in total. The van der Waals surface area contributed by atoms with Gasteiger partial charge in [-0.2, -0.15) is 5.10 Å². The van der Waals surface area contributed by atoms with Crippen molar-refractivity contribution in [3.8, 4) is 0 Å². The number of aromatic nitrogens is 4. The van der Waals surface area contributed by atoms with E-state index in [1.807, 2.05) is 31.2 Å². The maximum Gasteiger partial charge on any atom is 0.348 e. The van der Waals surface area contributed by atoms with Crippen molar-refractivity contribution in [2.45, 2.75) is 20.8 Å². The van der Waals surface area contributed by atoms with Crippen LogP contribution >= 0.6 is 11.3 Å². The first-order valence-corrected chi connectivity index (χ1v) is 10.7. The van der Waals surface area contributed by atoms with Gasteiger partial charge in [0.15, 0.2) is 5.69 Å². The maximum absolute atomic E-state index is 12.5. The molecule has 4 rings (SSSR count). The summed E-state index contributed by atoms with van der Waals surface area (Å²) in [6, 6.07) is 7.48. The summed E-state index contributed by atoms with van der Waals surface area (Å²) in [5.74, 6) is 0.620. The summed E-state index contributed by atoms with van der Waals surface area (Å²) in [7, 11) is 0. The average Bonchev–Trinajstić information content (AvgIpc) is 3.32. The van der Waals surface area contributed by atoms with Gasteiger partial charge in [0.1, 0.15) is 21.3 Å². The van der Waals surface area contributed by atoms with Crippen LogP contribution in [-0.2, 0) is 4.74 Å². The number of anilines is 1. The Morgan fingerprint density at radius 2 is 1.97 bits per heavy atom. The van der Waals surface area contributed by atoms with Gasteiger partial charge in [0.05, 0.1) is 17.5 Å². The molecular weight excluding hydrogens is 416 g/mol. The molecule has 0 atom stereocenters. The lowest BCUT2D eigenvalue weighted by Gasteiger charge is -2.09. The maximum atomic E-state index is 12.5. The van der Waals surface area contributed by atoms with Gasteiger partial charge in [-0.1, -0.05) is 18.2 Å². The number of benzene rings is 1. The molecule has 3 aromatic heterocycles. The van der Waals surface area contributed by atoms with E-state index in [0.29, 0.717) is 41.9 Å². The van der Waals surface area contributed by atoms with E-state index in [-0.39, 0.29) is 11.9 Å². The van der Waals surface area contributed by atoms with Crippen LogP contribution in [0.25, 0.3) is 21.1 Å². The van der Waals surface area contributed by atoms with E-state index in [0.717, 1.165) is 26.7 Å². The third-order valence-corrected chi connectivity index (χ3v) is 5.92. The number of esters is 1. The molecule has 10 heteroatoms. The van der Waals surface area contributed by atoms with E-state index < -0.39 is 0 Å². The van der Waals surface area contributed by atoms with Crippen LogP contribution in [0.4, 0.5) is 5.82 Å². The second-order valence-corrected chi connectivity index (χ2v) is 7.88. The van der Waals surface area contributed by atoms with Crippen LogP contribution in [0.5, 0.6) is 0 Å². The molecule has 3 heterocycles. The van der Waals surface area contributed by atoms with Crippen LogP contribution < -0.4 is 10.6 Å². The van der Waals surface area contributed by atoms with E-state index in [9.17, 15) is 9.59 Å². The lowest BCUT2D eigenvalue weighted by atomic mass is 10.2. The van der Waals surface area contributed by atoms with Crippen molar-refractivity contribution in [2.24, 2.45) is 0 Å². The predicted octanol–water partition coefficient (Wildman–Crippen LogP) is 3.20. The number of thiophene rings is 1. The fraction of sp³-hybridized carbons (Fsp3) is 0.286. The number of aryl methyl sites for hydroxylation is 2. The molecule has 3 N–H and O–H groups in total. The molecule has 0 saturated carbocycles. The summed E-state index contributed by atoms with van der Waals surface area (Å²) >= 11 is 1.30. The minimum Gasteiger partial charge on any atom is -0.462 e. The van der Waals surface area contributed by atoms with Crippen LogP contribution in [0, 0.1) is 13.8 Å². The van der Waals surface area contributed by atoms with Crippen molar-refractivity contribution < 1.29 is 14.3 Å². The largest absolute Gasteiger partial charge is 0.462 e. The van der Waals surface area contributed by atoms with Gasteiger partial charge in [-0.05, 0) is 32.4 Å². The molecule has 0 bridgehead atoms. The van der Waals surface area contributed by atoms with Gasteiger partial charge in [0.25, 0.3) is 5.91 Å². The van der Waals surface area contributed by atoms with Gasteiger partial charge in [0, 0.05) is 18.5 Å². The van der Waals surface area contributed by atoms with Crippen LogP contribution in [0.3, 0.4) is 0 Å². The molecule has 0 saturated heterocycles. The SMILES string of the molecule is CCOC(=O)c1sc2nc(C)nc(NCCNC(=O)c3n[nH]c4ccccc34)c2c1C. The molecule has 0 radical (unpaired) electrons. The first-order chi connectivity index (χ1) is 15.0. The first kappa shape index (κ1) is 20.7. The quantitative estimate of drug-likeness (QED) is 0.299. The number of fused-ring (bicyclic) bond motifs is 2. The van der Waals surface area contributed by atoms with Crippen molar-refractivity contribution >= 4 is 50.2 Å². The minimum atomic E-state index is -0.356. The van der Waals surface area contributed by atoms with Crippen molar-refractivity contribution in [2.75, 3.05) is 25.0 Å². The van der Waals surface area contributed by atoms with Crippen LogP contribution in [0.1, 0.15) is 38.5 Å². The highest BCUT2D eigenvalue weighted by atomic mass is 32.1. The van der Waals surface area contributed by atoms with Crippen LogP contribution in [0.2, 0.25) is 0 Å². The van der Waals surface area contributed by atoms with Gasteiger partial charge in [0.2, 0.25) is 0 Å². The normalized spacial score (nSPS) is 11.1. The van der Waals surface area contributed by atoms with Crippen molar-refractivity contribution in [1.82, 2.24) is 25.5 Å². The molecule has 4 aromatic rings. The fourth-order valence-electron chi connectivity index (χ4n) is 3.34. The Labute approximate surface area is 182 Å². The topological polar surface area (TPSA) is 122 Å². The van der Waals surface area contributed by atoms with E-state index in [2.05, 4.69) is 30.8 Å². The van der Waals surface area contributed by atoms with Gasteiger partial charge in [-0.3, -0.25) is 9.89 Å². The van der Waals surface area contributed by atoms with E-state index in [1.54, 1.807) is 13.8 Å². The summed E-state index contributed by atoms with van der Waals surface area (Å²) in [4.78, 5) is 34.9. The van der Waals surface area contributed by atoms with Crippen molar-refractivity contribution in [3.05, 3.63) is 46.2 Å². The van der Waals surface area contributed by atoms with Crippen molar-refractivity contribution in [1.29, 1.82) is 0 Å². The Bertz CT molecular complexity index is 1280. The molecule has 1 amide bonds. The second kappa shape index (κ2) is 8.68. The zero-order chi connectivity index (χ0) is 22.0. The smallest absolute Gasteiger partial charge is 0.348 e. The standard InChI is InChI=1S/C21H22N6O3S/c1-4-30-21(29)17-11(2)15-18(24-12(3)25-20(15)31-17)22-9-10-23-19(28)16-13-7-5-6-8-14(13)26-27-16/h5-8H,4,9-10H2,1-3H3,(H,23,28)(H,26,27)(H,22,24,25). The molecule has 0 spiro atoms. The third kappa shape index (κ3) is 4.06. The highest BCUT2D eigenvalue weighted by Crippen LogP contribution is 2.34. The zero-order valence-corrected chi connectivity index (χ0v) is 18.2. The Hall–Kier alpha value is -3.53. The lowest BCUT2D eigenvalue weighted by Crippen LogP contribution is -2.29. The number of nitrogens with zero attached hydrogens (tertiary/aromatic N) is 3. The van der Waals surface area contributed by atoms with Gasteiger partial charge >= 0.3 is 5.97 Å². The summed E-state index contributed by atoms with van der Waals surface area (Å²) < 4.78 is 5.15. The zero-order valence-electron chi connectivity index (χ0n) is 17.4. The molecule has 0 aliphatic carbocycles. The number of hydrogen-bond acceptors (Lipinski definition) is 8. The molecule has 160 valence electrons. The number of carbonyl (C=O) groups excluding carboxylic acids is 2. The highest BCUT2D eigenvalue weighted by molar-refractivity contribution is 7.20. The van der Waals surface area contributed by atoms with Crippen LogP contribution in [-0.4, -0.2) is 51.7 Å². The number of H-pyrrole nitrogens is 1. The van der Waals surface area contributed by atoms with Gasteiger partial charge in [-0.25, -0.2) is 14.8 Å². The molecule has 0 aliphatic heterocycles. The van der Waals surface area contributed by atoms with Crippen molar-refractivity contribution in [3.63, 3.8) is 0 Å². The van der Waals surface area contributed by atoms with E-state index in [1.165, 1.54) is 11.3 Å². The molecule has 0 fully saturated rings. The molecular formula is C21H22N6O3S. The number of para-hydroxylation sites is 1. The molecule has 0 aliphatic rings. The highest BCUT2D eigenvalue weighted by Gasteiger charge is 2.21. The average molecular weight is 439 g/mol.